The van der Waals surface area contributed by atoms with Gasteiger partial charge in [0.15, 0.2) is 0 Å². The van der Waals surface area contributed by atoms with Crippen LogP contribution in [0.5, 0.6) is 0 Å². The largest absolute Gasteiger partial charge is 0.478 e. The Bertz CT molecular complexity index is 1150. The molecule has 2 aromatic rings. The molecule has 0 spiro atoms. The number of carbonyl (C=O) groups is 4. The minimum atomic E-state index is -1.26. The van der Waals surface area contributed by atoms with Crippen molar-refractivity contribution < 1.29 is 44.0 Å². The van der Waals surface area contributed by atoms with Crippen LogP contribution >= 0.6 is 11.6 Å². The first-order chi connectivity index (χ1) is 17.5. The number of anilines is 2. The van der Waals surface area contributed by atoms with Crippen LogP contribution in [-0.4, -0.2) is 69.6 Å². The van der Waals surface area contributed by atoms with Crippen LogP contribution < -0.4 is 10.6 Å². The zero-order valence-corrected chi connectivity index (χ0v) is 19.8. The van der Waals surface area contributed by atoms with Gasteiger partial charge < -0.3 is 31.1 Å². The average molecular weight is 536 g/mol. The van der Waals surface area contributed by atoms with Gasteiger partial charge in [0.25, 0.3) is 0 Å². The van der Waals surface area contributed by atoms with E-state index in [1.807, 2.05) is 23.1 Å². The van der Waals surface area contributed by atoms with Gasteiger partial charge in [0.1, 0.15) is 5.82 Å². The maximum atomic E-state index is 14.2. The molecule has 0 aromatic heterocycles. The molecule has 37 heavy (non-hydrogen) atoms. The number of rotatable bonds is 6. The molecule has 3 rings (SSSR count). The monoisotopic (exact) mass is 535 g/mol. The molecule has 13 heteroatoms. The first-order valence-electron chi connectivity index (χ1n) is 10.3. The SMILES string of the molecule is NCC1CN=Cc2cc(Cl)ccc2N1c1ccccc1F.O=C(O)/C=C\C(=O)O.O=C(O)/C=C\C(=O)O. The normalized spacial score (nSPS) is 14.0. The highest BCUT2D eigenvalue weighted by atomic mass is 35.5. The molecule has 0 aliphatic carbocycles. The number of carboxylic acid groups (broad SMARTS) is 4. The van der Waals surface area contributed by atoms with Crippen LogP contribution in [0.3, 0.4) is 0 Å². The van der Waals surface area contributed by atoms with Crippen LogP contribution in [0.15, 0.2) is 71.8 Å². The lowest BCUT2D eigenvalue weighted by molar-refractivity contribution is -0.134. The third-order valence-corrected chi connectivity index (χ3v) is 4.52. The number of aliphatic carboxylic acids is 4. The molecule has 1 heterocycles. The molecular weight excluding hydrogens is 513 g/mol. The maximum absolute atomic E-state index is 14.2. The van der Waals surface area contributed by atoms with E-state index < -0.39 is 23.9 Å². The van der Waals surface area contributed by atoms with Crippen molar-refractivity contribution in [3.05, 3.63) is 83.2 Å². The Morgan fingerprint density at radius 3 is 1.89 bits per heavy atom. The third-order valence-electron chi connectivity index (χ3n) is 4.28. The van der Waals surface area contributed by atoms with Crippen LogP contribution in [0.2, 0.25) is 5.02 Å². The number of nitrogens with zero attached hydrogens (tertiary/aromatic N) is 2. The van der Waals surface area contributed by atoms with Crippen molar-refractivity contribution in [3.8, 4) is 0 Å². The van der Waals surface area contributed by atoms with Gasteiger partial charge in [-0.1, -0.05) is 23.7 Å². The Kier molecular flexibility index (Phi) is 12.7. The van der Waals surface area contributed by atoms with Gasteiger partial charge in [-0.25, -0.2) is 23.6 Å². The first kappa shape index (κ1) is 30.5. The fraction of sp³-hybridized carbons (Fsp3) is 0.125. The smallest absolute Gasteiger partial charge is 0.328 e. The van der Waals surface area contributed by atoms with Gasteiger partial charge >= 0.3 is 23.9 Å². The Morgan fingerprint density at radius 2 is 1.43 bits per heavy atom. The van der Waals surface area contributed by atoms with E-state index in [2.05, 4.69) is 4.99 Å². The van der Waals surface area contributed by atoms with Crippen LogP contribution in [0, 0.1) is 5.82 Å². The number of aliphatic imine (C=N–C) groups is 1. The lowest BCUT2D eigenvalue weighted by Crippen LogP contribution is -2.40. The Balaban J connectivity index is 0.000000355. The number of benzene rings is 2. The highest BCUT2D eigenvalue weighted by Gasteiger charge is 2.25. The molecule has 1 unspecified atom stereocenters. The second kappa shape index (κ2) is 15.4. The van der Waals surface area contributed by atoms with Gasteiger partial charge in [-0.05, 0) is 30.3 Å². The lowest BCUT2D eigenvalue weighted by Gasteiger charge is -2.32. The van der Waals surface area contributed by atoms with Gasteiger partial charge in [0, 0.05) is 47.6 Å². The molecule has 1 atom stereocenters. The van der Waals surface area contributed by atoms with Crippen LogP contribution in [0.1, 0.15) is 5.56 Å². The van der Waals surface area contributed by atoms with Crippen molar-refractivity contribution in [3.63, 3.8) is 0 Å². The average Bonchev–Trinajstić information content (AvgIpc) is 3.01. The zero-order chi connectivity index (χ0) is 28.0. The Labute approximate surface area is 215 Å². The van der Waals surface area contributed by atoms with E-state index in [-0.39, 0.29) is 11.9 Å². The molecule has 0 amide bonds. The molecule has 0 saturated carbocycles. The summed E-state index contributed by atoms with van der Waals surface area (Å²) in [4.78, 5) is 44.5. The van der Waals surface area contributed by atoms with E-state index in [4.69, 9.17) is 37.8 Å². The molecule has 2 aromatic carbocycles. The highest BCUT2D eigenvalue weighted by molar-refractivity contribution is 6.31. The zero-order valence-electron chi connectivity index (χ0n) is 19.1. The van der Waals surface area contributed by atoms with E-state index in [0.29, 0.717) is 48.1 Å². The van der Waals surface area contributed by atoms with E-state index in [1.54, 1.807) is 24.4 Å². The van der Waals surface area contributed by atoms with Gasteiger partial charge in [-0.3, -0.25) is 4.99 Å². The maximum Gasteiger partial charge on any atom is 0.328 e. The van der Waals surface area contributed by atoms with Crippen LogP contribution in [-0.2, 0) is 19.2 Å². The molecule has 0 bridgehead atoms. The minimum Gasteiger partial charge on any atom is -0.478 e. The molecule has 196 valence electrons. The predicted molar refractivity (Wildman–Crippen MR) is 134 cm³/mol. The summed E-state index contributed by atoms with van der Waals surface area (Å²) >= 11 is 6.05. The quantitative estimate of drug-likeness (QED) is 0.343. The second-order valence-electron chi connectivity index (χ2n) is 6.93. The number of carboxylic acids is 4. The van der Waals surface area contributed by atoms with Crippen molar-refractivity contribution >= 4 is 53.1 Å². The molecule has 0 fully saturated rings. The van der Waals surface area contributed by atoms with E-state index in [9.17, 15) is 23.6 Å². The number of para-hydroxylation sites is 1. The molecular formula is C24H23ClFN3O8. The van der Waals surface area contributed by atoms with Crippen molar-refractivity contribution in [2.45, 2.75) is 6.04 Å². The number of benzodiazepines with no additional fused rings is 1. The lowest BCUT2D eigenvalue weighted by atomic mass is 10.1. The van der Waals surface area contributed by atoms with Gasteiger partial charge in [-0.15, -0.1) is 0 Å². The summed E-state index contributed by atoms with van der Waals surface area (Å²) in [6.45, 7) is 0.894. The number of hydrogen-bond acceptors (Lipinski definition) is 7. The fourth-order valence-electron chi connectivity index (χ4n) is 2.84. The fourth-order valence-corrected chi connectivity index (χ4v) is 3.02. The first-order valence-corrected chi connectivity index (χ1v) is 10.6. The predicted octanol–water partition coefficient (Wildman–Crippen LogP) is 2.80. The molecule has 0 saturated heterocycles. The summed E-state index contributed by atoms with van der Waals surface area (Å²) in [7, 11) is 0. The number of nitrogens with two attached hydrogens (primary N) is 1. The summed E-state index contributed by atoms with van der Waals surface area (Å²) < 4.78 is 14.2. The van der Waals surface area contributed by atoms with E-state index >= 15 is 0 Å². The van der Waals surface area contributed by atoms with Crippen molar-refractivity contribution in [2.75, 3.05) is 18.0 Å². The van der Waals surface area contributed by atoms with Crippen molar-refractivity contribution in [1.29, 1.82) is 0 Å². The molecule has 6 N–H and O–H groups in total. The summed E-state index contributed by atoms with van der Waals surface area (Å²) in [6.07, 6.45) is 4.00. The second-order valence-corrected chi connectivity index (χ2v) is 7.36. The molecule has 11 nitrogen and oxygen atoms in total. The summed E-state index contributed by atoms with van der Waals surface area (Å²) in [6, 6.07) is 12.1. The summed E-state index contributed by atoms with van der Waals surface area (Å²) in [5.41, 5.74) is 8.10. The minimum absolute atomic E-state index is 0.0967. The third kappa shape index (κ3) is 11.2. The number of fused-ring (bicyclic) bond motifs is 1. The summed E-state index contributed by atoms with van der Waals surface area (Å²) in [5.74, 6) is -5.31. The molecule has 1 aliphatic heterocycles. The van der Waals surface area contributed by atoms with Crippen molar-refractivity contribution in [1.82, 2.24) is 0 Å². The van der Waals surface area contributed by atoms with E-state index in [0.717, 1.165) is 11.3 Å². The van der Waals surface area contributed by atoms with Crippen molar-refractivity contribution in [2.24, 2.45) is 10.7 Å². The standard InChI is InChI=1S/C16H15ClFN3.2C4H4O4/c17-12-5-6-15-11(7-12)9-20-10-13(8-19)21(15)16-4-2-1-3-14(16)18;2*5-3(6)1-2-4(7)8/h1-7,9,13H,8,10,19H2;2*1-2H,(H,5,6)(H,7,8)/b;2*2-1-. The molecule has 1 aliphatic rings. The number of halogens is 2. The highest BCUT2D eigenvalue weighted by Crippen LogP contribution is 2.34. The van der Waals surface area contributed by atoms with Gasteiger partial charge in [0.2, 0.25) is 0 Å². The van der Waals surface area contributed by atoms with E-state index in [1.165, 1.54) is 6.07 Å². The number of hydrogen-bond donors (Lipinski definition) is 5. The van der Waals surface area contributed by atoms with Gasteiger partial charge in [0.05, 0.1) is 24.0 Å². The van der Waals surface area contributed by atoms with Crippen LogP contribution in [0.25, 0.3) is 0 Å². The Morgan fingerprint density at radius 1 is 0.919 bits per heavy atom. The van der Waals surface area contributed by atoms with Gasteiger partial charge in [-0.2, -0.15) is 0 Å². The molecule has 0 radical (unpaired) electrons. The Hall–Kier alpha value is -4.55. The van der Waals surface area contributed by atoms with Crippen LogP contribution in [0.4, 0.5) is 15.8 Å². The summed E-state index contributed by atoms with van der Waals surface area (Å²) in [5, 5.41) is 31.9. The topological polar surface area (TPSA) is 191 Å².